The van der Waals surface area contributed by atoms with Crippen LogP contribution >= 0.6 is 11.3 Å². The number of hydrogen-bond donors (Lipinski definition) is 0. The van der Waals surface area contributed by atoms with Gasteiger partial charge in [-0.3, -0.25) is 4.79 Å². The molecule has 122 valence electrons. The second-order valence-electron chi connectivity index (χ2n) is 6.52. The average Bonchev–Trinajstić information content (AvgIpc) is 3.00. The fourth-order valence-corrected chi connectivity index (χ4v) is 4.11. The lowest BCUT2D eigenvalue weighted by Gasteiger charge is -2.36. The molecule has 0 radical (unpaired) electrons. The molecule has 1 aliphatic heterocycles. The number of thiophene rings is 1. The Bertz CT molecular complexity index is 675. The van der Waals surface area contributed by atoms with Crippen LogP contribution in [0.3, 0.4) is 0 Å². The molecule has 1 aromatic heterocycles. The maximum Gasteiger partial charge on any atom is 0.253 e. The van der Waals surface area contributed by atoms with Gasteiger partial charge in [-0.2, -0.15) is 0 Å². The molecule has 1 aliphatic rings. The summed E-state index contributed by atoms with van der Waals surface area (Å²) in [7, 11) is 4.19. The van der Waals surface area contributed by atoms with Crippen molar-refractivity contribution in [2.45, 2.75) is 25.8 Å². The van der Waals surface area contributed by atoms with Crippen LogP contribution in [0.25, 0.3) is 10.4 Å². The van der Waals surface area contributed by atoms with Crippen LogP contribution < -0.4 is 0 Å². The minimum absolute atomic E-state index is 0.158. The van der Waals surface area contributed by atoms with Crippen molar-refractivity contribution in [3.8, 4) is 10.4 Å². The van der Waals surface area contributed by atoms with Crippen molar-refractivity contribution in [2.75, 3.05) is 27.2 Å². The molecule has 0 N–H and O–H groups in total. The minimum Gasteiger partial charge on any atom is -0.337 e. The van der Waals surface area contributed by atoms with Gasteiger partial charge in [0.15, 0.2) is 0 Å². The zero-order chi connectivity index (χ0) is 16.4. The number of carbonyl (C=O) groups is 1. The number of piperidine rings is 1. The summed E-state index contributed by atoms with van der Waals surface area (Å²) in [6.45, 7) is 3.83. The van der Waals surface area contributed by atoms with Gasteiger partial charge in [0.2, 0.25) is 0 Å². The van der Waals surface area contributed by atoms with Crippen molar-refractivity contribution < 1.29 is 4.79 Å². The Hall–Kier alpha value is -1.65. The van der Waals surface area contributed by atoms with Crippen LogP contribution in [-0.2, 0) is 0 Å². The van der Waals surface area contributed by atoms with Crippen LogP contribution in [0.15, 0.2) is 35.7 Å². The summed E-state index contributed by atoms with van der Waals surface area (Å²) in [6, 6.07) is 10.7. The fraction of sp³-hybridized carbons (Fsp3) is 0.421. The minimum atomic E-state index is 0.158. The molecule has 1 amide bonds. The van der Waals surface area contributed by atoms with E-state index in [2.05, 4.69) is 49.5 Å². The molecule has 0 aliphatic carbocycles. The van der Waals surface area contributed by atoms with Crippen LogP contribution in [-0.4, -0.2) is 48.9 Å². The Labute approximate surface area is 142 Å². The fourth-order valence-electron chi connectivity index (χ4n) is 3.18. The number of amides is 1. The molecule has 0 spiro atoms. The van der Waals surface area contributed by atoms with E-state index < -0.39 is 0 Å². The van der Waals surface area contributed by atoms with Gasteiger partial charge >= 0.3 is 0 Å². The molecular weight excluding hydrogens is 304 g/mol. The van der Waals surface area contributed by atoms with Crippen molar-refractivity contribution in [3.63, 3.8) is 0 Å². The van der Waals surface area contributed by atoms with Crippen molar-refractivity contribution >= 4 is 17.2 Å². The van der Waals surface area contributed by atoms with E-state index in [-0.39, 0.29) is 5.91 Å². The zero-order valence-electron chi connectivity index (χ0n) is 14.1. The first-order valence-corrected chi connectivity index (χ1v) is 9.04. The van der Waals surface area contributed by atoms with Gasteiger partial charge in [-0.25, -0.2) is 0 Å². The smallest absolute Gasteiger partial charge is 0.253 e. The van der Waals surface area contributed by atoms with E-state index in [4.69, 9.17) is 0 Å². The first kappa shape index (κ1) is 16.2. The zero-order valence-corrected chi connectivity index (χ0v) is 14.9. The van der Waals surface area contributed by atoms with Crippen molar-refractivity contribution in [1.29, 1.82) is 0 Å². The van der Waals surface area contributed by atoms with E-state index in [9.17, 15) is 4.79 Å². The highest BCUT2D eigenvalue weighted by molar-refractivity contribution is 7.13. The molecule has 1 saturated heterocycles. The average molecular weight is 328 g/mol. The predicted molar refractivity (Wildman–Crippen MR) is 97.1 cm³/mol. The Morgan fingerprint density at radius 3 is 2.57 bits per heavy atom. The monoisotopic (exact) mass is 328 g/mol. The second kappa shape index (κ2) is 6.85. The largest absolute Gasteiger partial charge is 0.337 e. The Morgan fingerprint density at radius 2 is 1.96 bits per heavy atom. The van der Waals surface area contributed by atoms with E-state index >= 15 is 0 Å². The number of hydrogen-bond acceptors (Lipinski definition) is 3. The molecule has 1 fully saturated rings. The lowest BCUT2D eigenvalue weighted by Crippen LogP contribution is -2.47. The van der Waals surface area contributed by atoms with Crippen LogP contribution in [0, 0.1) is 6.92 Å². The standard InChI is InChI=1S/C19H24N2OS/c1-14-10-12-23-18(14)15-6-8-16(9-7-15)19(22)21-11-4-5-17(13-21)20(2)3/h6-10,12,17H,4-5,11,13H2,1-3H3/t17-/m0/s1. The number of likely N-dealkylation sites (N-methyl/N-ethyl adjacent to an activating group) is 1. The molecule has 3 rings (SSSR count). The normalized spacial score (nSPS) is 18.4. The molecule has 0 saturated carbocycles. The van der Waals surface area contributed by atoms with E-state index in [1.807, 2.05) is 17.0 Å². The maximum absolute atomic E-state index is 12.7. The van der Waals surface area contributed by atoms with Crippen LogP contribution in [0.1, 0.15) is 28.8 Å². The highest BCUT2D eigenvalue weighted by Crippen LogP contribution is 2.29. The number of carbonyl (C=O) groups excluding carboxylic acids is 1. The molecule has 1 aromatic carbocycles. The Kier molecular flexibility index (Phi) is 4.83. The number of likely N-dealkylation sites (tertiary alicyclic amines) is 1. The molecule has 4 heteroatoms. The Morgan fingerprint density at radius 1 is 1.22 bits per heavy atom. The van der Waals surface area contributed by atoms with E-state index in [0.29, 0.717) is 6.04 Å². The lowest BCUT2D eigenvalue weighted by molar-refractivity contribution is 0.0635. The lowest BCUT2D eigenvalue weighted by atomic mass is 10.0. The highest BCUT2D eigenvalue weighted by atomic mass is 32.1. The molecule has 23 heavy (non-hydrogen) atoms. The molecule has 2 aromatic rings. The Balaban J connectivity index is 1.74. The number of aryl methyl sites for hydroxylation is 1. The molecular formula is C19H24N2OS. The van der Waals surface area contributed by atoms with Gasteiger partial charge in [0.05, 0.1) is 0 Å². The van der Waals surface area contributed by atoms with Crippen LogP contribution in [0.5, 0.6) is 0 Å². The summed E-state index contributed by atoms with van der Waals surface area (Å²) >= 11 is 1.75. The molecule has 3 nitrogen and oxygen atoms in total. The van der Waals surface area contributed by atoms with Gasteiger partial charge in [-0.1, -0.05) is 12.1 Å². The third-order valence-electron chi connectivity index (χ3n) is 4.67. The molecule has 2 heterocycles. The summed E-state index contributed by atoms with van der Waals surface area (Å²) in [5, 5.41) is 2.11. The number of nitrogens with zero attached hydrogens (tertiary/aromatic N) is 2. The van der Waals surface area contributed by atoms with E-state index in [1.54, 1.807) is 11.3 Å². The number of rotatable bonds is 3. The van der Waals surface area contributed by atoms with Crippen LogP contribution in [0.4, 0.5) is 0 Å². The van der Waals surface area contributed by atoms with Crippen molar-refractivity contribution in [1.82, 2.24) is 9.80 Å². The van der Waals surface area contributed by atoms with Crippen molar-refractivity contribution in [2.24, 2.45) is 0 Å². The SMILES string of the molecule is Cc1ccsc1-c1ccc(C(=O)N2CCC[C@H](N(C)C)C2)cc1. The molecule has 0 unspecified atom stereocenters. The number of benzene rings is 1. The van der Waals surface area contributed by atoms with Gasteiger partial charge in [-0.15, -0.1) is 11.3 Å². The van der Waals surface area contributed by atoms with Gasteiger partial charge in [0.1, 0.15) is 0 Å². The summed E-state index contributed by atoms with van der Waals surface area (Å²) in [4.78, 5) is 18.3. The summed E-state index contributed by atoms with van der Waals surface area (Å²) < 4.78 is 0. The quantitative estimate of drug-likeness (QED) is 0.853. The third-order valence-corrected chi connectivity index (χ3v) is 5.74. The first-order chi connectivity index (χ1) is 11.1. The summed E-state index contributed by atoms with van der Waals surface area (Å²) in [5.41, 5.74) is 3.28. The summed E-state index contributed by atoms with van der Waals surface area (Å²) in [6.07, 6.45) is 2.26. The van der Waals surface area contributed by atoms with Crippen LogP contribution in [0.2, 0.25) is 0 Å². The topological polar surface area (TPSA) is 23.6 Å². The third kappa shape index (κ3) is 3.48. The maximum atomic E-state index is 12.7. The van der Waals surface area contributed by atoms with Gasteiger partial charge in [0.25, 0.3) is 5.91 Å². The molecule has 1 atom stereocenters. The highest BCUT2D eigenvalue weighted by Gasteiger charge is 2.25. The molecule has 0 bridgehead atoms. The van der Waals surface area contributed by atoms with E-state index in [1.165, 1.54) is 22.4 Å². The van der Waals surface area contributed by atoms with Gasteiger partial charge < -0.3 is 9.80 Å². The van der Waals surface area contributed by atoms with Gasteiger partial charge in [-0.05, 0) is 68.6 Å². The predicted octanol–water partition coefficient (Wildman–Crippen LogP) is 3.89. The van der Waals surface area contributed by atoms with Gasteiger partial charge in [0, 0.05) is 29.6 Å². The second-order valence-corrected chi connectivity index (χ2v) is 7.44. The first-order valence-electron chi connectivity index (χ1n) is 8.16. The van der Waals surface area contributed by atoms with E-state index in [0.717, 1.165) is 25.1 Å². The summed E-state index contributed by atoms with van der Waals surface area (Å²) in [5.74, 6) is 0.158. The van der Waals surface area contributed by atoms with Crippen molar-refractivity contribution in [3.05, 3.63) is 46.8 Å².